The van der Waals surface area contributed by atoms with Gasteiger partial charge in [-0.05, 0) is 37.6 Å². The maximum atomic E-state index is 5.00. The van der Waals surface area contributed by atoms with E-state index in [1.807, 2.05) is 0 Å². The Kier molecular flexibility index (Phi) is 6.94. The zero-order valence-corrected chi connectivity index (χ0v) is 12.1. The Balaban J connectivity index is 2.33. The van der Waals surface area contributed by atoms with Gasteiger partial charge in [-0.25, -0.2) is 0 Å². The van der Waals surface area contributed by atoms with Crippen molar-refractivity contribution in [2.45, 2.75) is 20.4 Å². The van der Waals surface area contributed by atoms with E-state index in [4.69, 9.17) is 4.74 Å². The van der Waals surface area contributed by atoms with Crippen molar-refractivity contribution in [1.82, 2.24) is 10.2 Å². The fourth-order valence-corrected chi connectivity index (χ4v) is 2.02. The van der Waals surface area contributed by atoms with Gasteiger partial charge in [0.2, 0.25) is 0 Å². The topological polar surface area (TPSA) is 24.5 Å². The van der Waals surface area contributed by atoms with Crippen molar-refractivity contribution in [2.24, 2.45) is 0 Å². The highest BCUT2D eigenvalue weighted by molar-refractivity contribution is 5.33. The third-order valence-electron chi connectivity index (χ3n) is 3.23. The molecule has 1 aromatic rings. The quantitative estimate of drug-likeness (QED) is 0.714. The van der Waals surface area contributed by atoms with Gasteiger partial charge in [0.1, 0.15) is 0 Å². The molecule has 0 bridgehead atoms. The van der Waals surface area contributed by atoms with Crippen LogP contribution in [-0.2, 0) is 11.3 Å². The minimum atomic E-state index is 0.778. The number of benzene rings is 1. The van der Waals surface area contributed by atoms with Gasteiger partial charge in [0.15, 0.2) is 0 Å². The molecule has 3 heteroatoms. The van der Waals surface area contributed by atoms with Crippen LogP contribution in [0.4, 0.5) is 0 Å². The van der Waals surface area contributed by atoms with Gasteiger partial charge >= 0.3 is 0 Å². The summed E-state index contributed by atoms with van der Waals surface area (Å²) in [5.41, 5.74) is 4.22. The Morgan fingerprint density at radius 3 is 2.44 bits per heavy atom. The lowest BCUT2D eigenvalue weighted by atomic mass is 10.0. The Labute approximate surface area is 111 Å². The van der Waals surface area contributed by atoms with Crippen LogP contribution in [0, 0.1) is 13.8 Å². The predicted octanol–water partition coefficient (Wildman–Crippen LogP) is 1.97. The Morgan fingerprint density at radius 1 is 1.17 bits per heavy atom. The van der Waals surface area contributed by atoms with Crippen LogP contribution in [0.5, 0.6) is 0 Å². The van der Waals surface area contributed by atoms with Crippen molar-refractivity contribution in [1.29, 1.82) is 0 Å². The molecule has 0 aliphatic rings. The highest BCUT2D eigenvalue weighted by atomic mass is 16.5. The Morgan fingerprint density at radius 2 is 1.83 bits per heavy atom. The first kappa shape index (κ1) is 15.2. The van der Waals surface area contributed by atoms with Gasteiger partial charge in [0, 0.05) is 33.3 Å². The molecule has 0 unspecified atom stereocenters. The summed E-state index contributed by atoms with van der Waals surface area (Å²) in [6, 6.07) is 6.50. The second kappa shape index (κ2) is 8.25. The van der Waals surface area contributed by atoms with Crippen molar-refractivity contribution >= 4 is 0 Å². The van der Waals surface area contributed by atoms with Gasteiger partial charge in [-0.2, -0.15) is 0 Å². The van der Waals surface area contributed by atoms with Gasteiger partial charge in [-0.15, -0.1) is 0 Å². The molecule has 0 heterocycles. The van der Waals surface area contributed by atoms with Gasteiger partial charge in [-0.1, -0.05) is 18.2 Å². The predicted molar refractivity (Wildman–Crippen MR) is 77.0 cm³/mol. The molecule has 0 atom stereocenters. The normalized spacial score (nSPS) is 11.2. The molecular weight excluding hydrogens is 224 g/mol. The number of likely N-dealkylation sites (N-methyl/N-ethyl adjacent to an activating group) is 1. The largest absolute Gasteiger partial charge is 0.383 e. The van der Waals surface area contributed by atoms with E-state index in [1.165, 1.54) is 16.7 Å². The van der Waals surface area contributed by atoms with Crippen LogP contribution in [0.3, 0.4) is 0 Å². The summed E-state index contributed by atoms with van der Waals surface area (Å²) in [5, 5.41) is 3.37. The van der Waals surface area contributed by atoms with Gasteiger partial charge < -0.3 is 15.0 Å². The molecule has 1 rings (SSSR count). The van der Waals surface area contributed by atoms with E-state index in [1.54, 1.807) is 7.11 Å². The summed E-state index contributed by atoms with van der Waals surface area (Å²) in [7, 11) is 3.90. The minimum absolute atomic E-state index is 0.778. The third-order valence-corrected chi connectivity index (χ3v) is 3.23. The van der Waals surface area contributed by atoms with Gasteiger partial charge in [0.25, 0.3) is 0 Å². The van der Waals surface area contributed by atoms with Crippen molar-refractivity contribution < 1.29 is 4.74 Å². The zero-order chi connectivity index (χ0) is 13.4. The molecule has 0 saturated heterocycles. The lowest BCUT2D eigenvalue weighted by Crippen LogP contribution is -2.31. The smallest absolute Gasteiger partial charge is 0.0587 e. The molecule has 0 radical (unpaired) electrons. The molecule has 102 valence electrons. The average Bonchev–Trinajstić information content (AvgIpc) is 2.34. The van der Waals surface area contributed by atoms with Crippen LogP contribution in [0.2, 0.25) is 0 Å². The van der Waals surface area contributed by atoms with Crippen LogP contribution in [0.1, 0.15) is 16.7 Å². The number of aryl methyl sites for hydroxylation is 2. The van der Waals surface area contributed by atoms with E-state index in [0.29, 0.717) is 0 Å². The van der Waals surface area contributed by atoms with Gasteiger partial charge in [-0.3, -0.25) is 0 Å². The van der Waals surface area contributed by atoms with E-state index in [-0.39, 0.29) is 0 Å². The Bertz CT molecular complexity index is 332. The zero-order valence-electron chi connectivity index (χ0n) is 12.1. The maximum Gasteiger partial charge on any atom is 0.0587 e. The van der Waals surface area contributed by atoms with Crippen LogP contribution in [0.25, 0.3) is 0 Å². The molecule has 0 aromatic heterocycles. The molecule has 0 fully saturated rings. The lowest BCUT2D eigenvalue weighted by Gasteiger charge is -2.19. The molecule has 18 heavy (non-hydrogen) atoms. The molecule has 0 amide bonds. The number of nitrogens with one attached hydrogen (secondary N) is 1. The molecule has 0 saturated carbocycles. The summed E-state index contributed by atoms with van der Waals surface area (Å²) in [6.45, 7) is 9.15. The fraction of sp³-hybridized carbons (Fsp3) is 0.600. The molecule has 1 N–H and O–H groups in total. The summed E-state index contributed by atoms with van der Waals surface area (Å²) >= 11 is 0. The number of rotatable bonds is 8. The first-order valence-corrected chi connectivity index (χ1v) is 6.58. The first-order chi connectivity index (χ1) is 8.65. The number of nitrogens with zero attached hydrogens (tertiary/aromatic N) is 1. The van der Waals surface area contributed by atoms with Crippen LogP contribution < -0.4 is 5.32 Å². The summed E-state index contributed by atoms with van der Waals surface area (Å²) in [4.78, 5) is 2.36. The second-order valence-corrected chi connectivity index (χ2v) is 4.85. The van der Waals surface area contributed by atoms with Gasteiger partial charge in [0.05, 0.1) is 6.61 Å². The first-order valence-electron chi connectivity index (χ1n) is 6.58. The number of ether oxygens (including phenoxy) is 1. The average molecular weight is 250 g/mol. The van der Waals surface area contributed by atoms with E-state index in [0.717, 1.165) is 32.8 Å². The SMILES string of the molecule is COCCNCCN(C)Cc1c(C)cccc1C. The van der Waals surface area contributed by atoms with E-state index < -0.39 is 0 Å². The van der Waals surface area contributed by atoms with E-state index in [2.05, 4.69) is 49.3 Å². The number of hydrogen-bond acceptors (Lipinski definition) is 3. The van der Waals surface area contributed by atoms with Crippen LogP contribution >= 0.6 is 0 Å². The third kappa shape index (κ3) is 5.17. The number of methoxy groups -OCH3 is 1. The minimum Gasteiger partial charge on any atom is -0.383 e. The summed E-state index contributed by atoms with van der Waals surface area (Å²) < 4.78 is 5.00. The van der Waals surface area contributed by atoms with Crippen molar-refractivity contribution in [2.75, 3.05) is 40.4 Å². The van der Waals surface area contributed by atoms with Crippen LogP contribution in [0.15, 0.2) is 18.2 Å². The monoisotopic (exact) mass is 250 g/mol. The number of hydrogen-bond donors (Lipinski definition) is 1. The summed E-state index contributed by atoms with van der Waals surface area (Å²) in [6.07, 6.45) is 0. The fourth-order valence-electron chi connectivity index (χ4n) is 2.02. The summed E-state index contributed by atoms with van der Waals surface area (Å²) in [5.74, 6) is 0. The molecular formula is C15H26N2O. The lowest BCUT2D eigenvalue weighted by molar-refractivity contribution is 0.197. The molecule has 0 aliphatic carbocycles. The van der Waals surface area contributed by atoms with Crippen molar-refractivity contribution in [3.63, 3.8) is 0 Å². The van der Waals surface area contributed by atoms with Crippen molar-refractivity contribution in [3.8, 4) is 0 Å². The Hall–Kier alpha value is -0.900. The standard InChI is InChI=1S/C15H26N2O/c1-13-6-5-7-14(2)15(13)12-17(3)10-8-16-9-11-18-4/h5-7,16H,8-12H2,1-4H3. The maximum absolute atomic E-state index is 5.00. The van der Waals surface area contributed by atoms with E-state index >= 15 is 0 Å². The second-order valence-electron chi connectivity index (χ2n) is 4.85. The van der Waals surface area contributed by atoms with E-state index in [9.17, 15) is 0 Å². The molecule has 0 aliphatic heterocycles. The molecule has 3 nitrogen and oxygen atoms in total. The molecule has 0 spiro atoms. The molecule has 1 aromatic carbocycles. The highest BCUT2D eigenvalue weighted by Crippen LogP contribution is 2.14. The highest BCUT2D eigenvalue weighted by Gasteiger charge is 2.05. The van der Waals surface area contributed by atoms with Crippen LogP contribution in [-0.4, -0.2) is 45.3 Å². The van der Waals surface area contributed by atoms with Crippen molar-refractivity contribution in [3.05, 3.63) is 34.9 Å².